The molecule has 0 atom stereocenters. The van der Waals surface area contributed by atoms with Gasteiger partial charge in [0.15, 0.2) is 0 Å². The maximum Gasteiger partial charge on any atom is 0.137 e. The van der Waals surface area contributed by atoms with Gasteiger partial charge in [-0.25, -0.2) is 4.98 Å². The van der Waals surface area contributed by atoms with Gasteiger partial charge in [0.25, 0.3) is 0 Å². The molecule has 3 aromatic rings. The van der Waals surface area contributed by atoms with Gasteiger partial charge in [0.2, 0.25) is 0 Å². The first-order valence-corrected chi connectivity index (χ1v) is 6.19. The van der Waals surface area contributed by atoms with E-state index in [0.29, 0.717) is 0 Å². The lowest BCUT2D eigenvalue weighted by Crippen LogP contribution is -1.98. The van der Waals surface area contributed by atoms with E-state index in [4.69, 9.17) is 4.74 Å². The highest BCUT2D eigenvalue weighted by atomic mass is 16.5. The van der Waals surface area contributed by atoms with E-state index in [-0.39, 0.29) is 0 Å². The van der Waals surface area contributed by atoms with Crippen molar-refractivity contribution in [2.75, 3.05) is 7.11 Å². The van der Waals surface area contributed by atoms with Crippen molar-refractivity contribution in [1.82, 2.24) is 9.38 Å². The average molecular weight is 251 g/mol. The van der Waals surface area contributed by atoms with Gasteiger partial charge >= 0.3 is 0 Å². The van der Waals surface area contributed by atoms with Crippen LogP contribution in [0, 0.1) is 6.92 Å². The fourth-order valence-electron chi connectivity index (χ4n) is 2.31. The molecule has 3 nitrogen and oxygen atoms in total. The molecular formula is C16H15N2O. The topological polar surface area (TPSA) is 26.5 Å². The van der Waals surface area contributed by atoms with E-state index in [1.165, 1.54) is 0 Å². The Bertz CT molecular complexity index is 716. The van der Waals surface area contributed by atoms with Crippen LogP contribution < -0.4 is 4.74 Å². The second-order valence-corrected chi connectivity index (χ2v) is 4.42. The summed E-state index contributed by atoms with van der Waals surface area (Å²) >= 11 is 0. The molecule has 2 heterocycles. The van der Waals surface area contributed by atoms with E-state index in [1.54, 1.807) is 7.11 Å². The van der Waals surface area contributed by atoms with Crippen molar-refractivity contribution in [3.8, 4) is 5.75 Å². The normalized spacial score (nSPS) is 10.8. The highest BCUT2D eigenvalue weighted by molar-refractivity contribution is 5.46. The van der Waals surface area contributed by atoms with Gasteiger partial charge in [-0.3, -0.25) is 0 Å². The Morgan fingerprint density at radius 3 is 2.79 bits per heavy atom. The van der Waals surface area contributed by atoms with Crippen LogP contribution in [0.15, 0.2) is 48.7 Å². The molecule has 0 spiro atoms. The van der Waals surface area contributed by atoms with Gasteiger partial charge in [0.1, 0.15) is 11.4 Å². The van der Waals surface area contributed by atoms with Gasteiger partial charge in [-0.2, -0.15) is 0 Å². The lowest BCUT2D eigenvalue weighted by Gasteiger charge is -2.08. The molecule has 1 radical (unpaired) electrons. The molecule has 19 heavy (non-hydrogen) atoms. The number of ether oxygens (including phenoxy) is 1. The minimum absolute atomic E-state index is 0.758. The molecule has 1 aromatic carbocycles. The summed E-state index contributed by atoms with van der Waals surface area (Å²) < 4.78 is 7.47. The second-order valence-electron chi connectivity index (χ2n) is 4.42. The molecule has 0 N–H and O–H groups in total. The van der Waals surface area contributed by atoms with Crippen LogP contribution in [0.2, 0.25) is 0 Å². The molecular weight excluding hydrogens is 236 g/mol. The van der Waals surface area contributed by atoms with E-state index >= 15 is 0 Å². The zero-order chi connectivity index (χ0) is 13.2. The number of nitrogens with zero attached hydrogens (tertiary/aromatic N) is 2. The number of pyridine rings is 1. The van der Waals surface area contributed by atoms with Crippen LogP contribution in [0.3, 0.4) is 0 Å². The van der Waals surface area contributed by atoms with E-state index in [1.807, 2.05) is 42.6 Å². The maximum absolute atomic E-state index is 5.40. The van der Waals surface area contributed by atoms with Crippen LogP contribution in [0.4, 0.5) is 0 Å². The quantitative estimate of drug-likeness (QED) is 0.715. The lowest BCUT2D eigenvalue weighted by molar-refractivity contribution is 0.410. The Balaban J connectivity index is 2.08. The number of methoxy groups -OCH3 is 1. The van der Waals surface area contributed by atoms with E-state index in [9.17, 15) is 0 Å². The number of rotatable bonds is 3. The maximum atomic E-state index is 5.40. The van der Waals surface area contributed by atoms with Gasteiger partial charge in [-0.15, -0.1) is 0 Å². The van der Waals surface area contributed by atoms with Gasteiger partial charge in [-0.05, 0) is 25.1 Å². The van der Waals surface area contributed by atoms with Crippen molar-refractivity contribution >= 4 is 5.65 Å². The highest BCUT2D eigenvalue weighted by Crippen LogP contribution is 2.23. The molecule has 0 aliphatic rings. The molecule has 0 bridgehead atoms. The standard InChI is InChI=1S/C16H15N2O/c1-12-14(18-10-6-5-9-16(18)17-12)11-13-7-3-4-8-15(13)19-2/h3-10H,1,11H2,2H3. The molecule has 0 fully saturated rings. The number of hydrogen-bond donors (Lipinski definition) is 0. The molecule has 0 unspecified atom stereocenters. The Labute approximate surface area is 112 Å². The van der Waals surface area contributed by atoms with Crippen molar-refractivity contribution in [2.45, 2.75) is 6.42 Å². The number of para-hydroxylation sites is 1. The summed E-state index contributed by atoms with van der Waals surface area (Å²) in [7, 11) is 1.69. The van der Waals surface area contributed by atoms with E-state index in [0.717, 1.165) is 34.8 Å². The first kappa shape index (κ1) is 11.8. The van der Waals surface area contributed by atoms with Crippen molar-refractivity contribution in [3.05, 3.63) is 72.5 Å². The summed E-state index contributed by atoms with van der Waals surface area (Å²) in [5.41, 5.74) is 3.98. The van der Waals surface area contributed by atoms with Gasteiger partial charge in [0.05, 0.1) is 18.5 Å². The van der Waals surface area contributed by atoms with Crippen LogP contribution in [-0.4, -0.2) is 16.5 Å². The third kappa shape index (κ3) is 2.08. The van der Waals surface area contributed by atoms with Crippen LogP contribution >= 0.6 is 0 Å². The smallest absolute Gasteiger partial charge is 0.137 e. The molecule has 0 aliphatic carbocycles. The number of imidazole rings is 1. The summed E-state index contributed by atoms with van der Waals surface area (Å²) in [5.74, 6) is 0.896. The molecule has 95 valence electrons. The van der Waals surface area contributed by atoms with Crippen LogP contribution in [0.25, 0.3) is 5.65 Å². The van der Waals surface area contributed by atoms with Crippen LogP contribution in [-0.2, 0) is 6.42 Å². The molecule has 0 amide bonds. The predicted molar refractivity (Wildman–Crippen MR) is 75.5 cm³/mol. The number of aromatic nitrogens is 2. The van der Waals surface area contributed by atoms with E-state index in [2.05, 4.69) is 22.4 Å². The van der Waals surface area contributed by atoms with E-state index < -0.39 is 0 Å². The monoisotopic (exact) mass is 251 g/mol. The van der Waals surface area contributed by atoms with Crippen LogP contribution in [0.1, 0.15) is 17.0 Å². The summed E-state index contributed by atoms with van der Waals surface area (Å²) in [6.07, 6.45) is 2.77. The molecule has 0 saturated heterocycles. The fourth-order valence-corrected chi connectivity index (χ4v) is 2.31. The Hall–Kier alpha value is -2.29. The minimum Gasteiger partial charge on any atom is -0.496 e. The van der Waals surface area contributed by atoms with Gasteiger partial charge in [-0.1, -0.05) is 24.3 Å². The third-order valence-corrected chi connectivity index (χ3v) is 3.26. The Kier molecular flexibility index (Phi) is 2.95. The third-order valence-electron chi connectivity index (χ3n) is 3.26. The number of fused-ring (bicyclic) bond motifs is 1. The molecule has 0 aliphatic heterocycles. The minimum atomic E-state index is 0.758. The SMILES string of the molecule is [CH2]c1nc2ccccn2c1Cc1ccccc1OC. The molecule has 3 rings (SSSR count). The average Bonchev–Trinajstić information content (AvgIpc) is 2.76. The van der Waals surface area contributed by atoms with Crippen molar-refractivity contribution in [2.24, 2.45) is 0 Å². The zero-order valence-electron chi connectivity index (χ0n) is 10.8. The van der Waals surface area contributed by atoms with Gasteiger partial charge in [0, 0.05) is 18.2 Å². The van der Waals surface area contributed by atoms with Crippen molar-refractivity contribution in [1.29, 1.82) is 0 Å². The summed E-state index contributed by atoms with van der Waals surface area (Å²) in [6, 6.07) is 14.0. The largest absolute Gasteiger partial charge is 0.496 e. The molecule has 3 heteroatoms. The summed E-state index contributed by atoms with van der Waals surface area (Å²) in [5, 5.41) is 0. The number of hydrogen-bond acceptors (Lipinski definition) is 2. The van der Waals surface area contributed by atoms with Crippen LogP contribution in [0.5, 0.6) is 5.75 Å². The summed E-state index contributed by atoms with van der Waals surface area (Å²) in [4.78, 5) is 4.48. The van der Waals surface area contributed by atoms with Crippen molar-refractivity contribution < 1.29 is 4.74 Å². The number of benzene rings is 1. The van der Waals surface area contributed by atoms with Gasteiger partial charge < -0.3 is 9.14 Å². The first-order chi connectivity index (χ1) is 9.29. The summed E-state index contributed by atoms with van der Waals surface area (Å²) in [6.45, 7) is 4.04. The lowest BCUT2D eigenvalue weighted by atomic mass is 10.1. The first-order valence-electron chi connectivity index (χ1n) is 6.19. The molecule has 2 aromatic heterocycles. The molecule has 0 saturated carbocycles. The Morgan fingerprint density at radius 1 is 1.16 bits per heavy atom. The second kappa shape index (κ2) is 4.76. The predicted octanol–water partition coefficient (Wildman–Crippen LogP) is 3.12. The van der Waals surface area contributed by atoms with Crippen molar-refractivity contribution in [3.63, 3.8) is 0 Å². The zero-order valence-corrected chi connectivity index (χ0v) is 10.8. The highest BCUT2D eigenvalue weighted by Gasteiger charge is 2.11. The Morgan fingerprint density at radius 2 is 1.95 bits per heavy atom. The fraction of sp³-hybridized carbons (Fsp3) is 0.125.